The van der Waals surface area contributed by atoms with Gasteiger partial charge in [-0.1, -0.05) is 25.4 Å². The Bertz CT molecular complexity index is 380. The van der Waals surface area contributed by atoms with Crippen molar-refractivity contribution in [3.63, 3.8) is 0 Å². The molecule has 0 unspecified atom stereocenters. The molecule has 3 heteroatoms. The molecule has 3 N–H and O–H groups in total. The van der Waals surface area contributed by atoms with E-state index in [1.54, 1.807) is 6.07 Å². The summed E-state index contributed by atoms with van der Waals surface area (Å²) >= 11 is 6.17. The van der Waals surface area contributed by atoms with Crippen LogP contribution in [-0.2, 0) is 6.42 Å². The van der Waals surface area contributed by atoms with Gasteiger partial charge in [-0.15, -0.1) is 0 Å². The number of halogens is 1. The van der Waals surface area contributed by atoms with Crippen LogP contribution in [0.3, 0.4) is 0 Å². The van der Waals surface area contributed by atoms with E-state index in [4.69, 9.17) is 17.3 Å². The normalized spacial score (nSPS) is 12.2. The fourth-order valence-electron chi connectivity index (χ4n) is 1.69. The number of hydrogen-bond donors (Lipinski definition) is 2. The van der Waals surface area contributed by atoms with Crippen LogP contribution in [0.2, 0.25) is 5.02 Å². The highest BCUT2D eigenvalue weighted by atomic mass is 35.5. The summed E-state index contributed by atoms with van der Waals surface area (Å²) in [6.07, 6.45) is 0.608. The molecule has 1 aromatic rings. The number of benzene rings is 1. The van der Waals surface area contributed by atoms with E-state index in [-0.39, 0.29) is 11.3 Å². The zero-order valence-corrected chi connectivity index (χ0v) is 11.1. The number of rotatable bonds is 3. The molecule has 0 fully saturated rings. The first-order chi connectivity index (χ1) is 7.20. The summed E-state index contributed by atoms with van der Waals surface area (Å²) in [7, 11) is 0. The lowest BCUT2D eigenvalue weighted by Crippen LogP contribution is -2.34. The summed E-state index contributed by atoms with van der Waals surface area (Å²) in [6, 6.07) is 3.56. The van der Waals surface area contributed by atoms with Crippen molar-refractivity contribution in [2.45, 2.75) is 45.6 Å². The Morgan fingerprint density at radius 1 is 1.38 bits per heavy atom. The fourth-order valence-corrected chi connectivity index (χ4v) is 2.10. The minimum atomic E-state index is -0.347. The van der Waals surface area contributed by atoms with Crippen molar-refractivity contribution in [2.24, 2.45) is 5.73 Å². The predicted octanol–water partition coefficient (Wildman–Crippen LogP) is 3.45. The van der Waals surface area contributed by atoms with Gasteiger partial charge in [0, 0.05) is 10.6 Å². The third-order valence-electron chi connectivity index (χ3n) is 2.47. The van der Waals surface area contributed by atoms with Crippen LogP contribution in [0.25, 0.3) is 0 Å². The average Bonchev–Trinajstić information content (AvgIpc) is 2.07. The molecule has 0 saturated carbocycles. The first kappa shape index (κ1) is 13.3. The molecule has 0 atom stereocenters. The molecule has 2 nitrogen and oxygen atoms in total. The van der Waals surface area contributed by atoms with Crippen LogP contribution in [0.1, 0.15) is 44.7 Å². The van der Waals surface area contributed by atoms with Gasteiger partial charge >= 0.3 is 0 Å². The highest BCUT2D eigenvalue weighted by Crippen LogP contribution is 2.32. The van der Waals surface area contributed by atoms with E-state index < -0.39 is 0 Å². The van der Waals surface area contributed by atoms with E-state index in [2.05, 4.69) is 0 Å². The van der Waals surface area contributed by atoms with E-state index in [0.29, 0.717) is 17.4 Å². The minimum absolute atomic E-state index is 0.284. The topological polar surface area (TPSA) is 46.2 Å². The maximum absolute atomic E-state index is 9.91. The molecule has 0 bridgehead atoms. The monoisotopic (exact) mass is 241 g/mol. The Morgan fingerprint density at radius 3 is 2.38 bits per heavy atom. The van der Waals surface area contributed by atoms with Gasteiger partial charge < -0.3 is 10.8 Å². The van der Waals surface area contributed by atoms with Crippen molar-refractivity contribution in [1.82, 2.24) is 0 Å². The molecule has 0 heterocycles. The molecule has 0 aromatic heterocycles. The Labute approximate surface area is 102 Å². The second kappa shape index (κ2) is 4.64. The number of aromatic hydroxyl groups is 1. The van der Waals surface area contributed by atoms with Crippen LogP contribution in [0, 0.1) is 0 Å². The highest BCUT2D eigenvalue weighted by Gasteiger charge is 2.17. The fraction of sp³-hybridized carbons (Fsp3) is 0.538. The minimum Gasteiger partial charge on any atom is -0.508 e. The van der Waals surface area contributed by atoms with Crippen LogP contribution in [0.15, 0.2) is 12.1 Å². The third kappa shape index (κ3) is 3.39. The summed E-state index contributed by atoms with van der Waals surface area (Å²) in [5, 5.41) is 10.6. The number of phenolic OH excluding ortho intramolecular Hbond substituents is 1. The Hall–Kier alpha value is -0.730. The van der Waals surface area contributed by atoms with Crippen LogP contribution in [0.5, 0.6) is 5.75 Å². The van der Waals surface area contributed by atoms with Gasteiger partial charge in [0.2, 0.25) is 0 Å². The quantitative estimate of drug-likeness (QED) is 0.852. The first-order valence-electron chi connectivity index (χ1n) is 5.51. The molecule has 90 valence electrons. The maximum Gasteiger partial charge on any atom is 0.119 e. The van der Waals surface area contributed by atoms with Crippen LogP contribution < -0.4 is 5.73 Å². The smallest absolute Gasteiger partial charge is 0.119 e. The van der Waals surface area contributed by atoms with Crippen molar-refractivity contribution in [3.8, 4) is 5.75 Å². The van der Waals surface area contributed by atoms with Gasteiger partial charge in [-0.2, -0.15) is 0 Å². The van der Waals surface area contributed by atoms with Gasteiger partial charge in [-0.3, -0.25) is 0 Å². The number of nitrogens with two attached hydrogens (primary N) is 1. The summed E-state index contributed by atoms with van der Waals surface area (Å²) in [6.45, 7) is 7.95. The second-order valence-electron chi connectivity index (χ2n) is 5.32. The van der Waals surface area contributed by atoms with Gasteiger partial charge in [-0.05, 0) is 49.4 Å². The zero-order valence-electron chi connectivity index (χ0n) is 10.3. The van der Waals surface area contributed by atoms with Gasteiger partial charge in [0.1, 0.15) is 5.75 Å². The van der Waals surface area contributed by atoms with Crippen LogP contribution in [0.4, 0.5) is 0 Å². The first-order valence-corrected chi connectivity index (χ1v) is 5.88. The SMILES string of the molecule is CC(C)c1cc(O)c(CC(C)(C)N)cc1Cl. The number of hydrogen-bond acceptors (Lipinski definition) is 2. The zero-order chi connectivity index (χ0) is 12.5. The van der Waals surface area contributed by atoms with Crippen LogP contribution >= 0.6 is 11.6 Å². The van der Waals surface area contributed by atoms with E-state index in [0.717, 1.165) is 11.1 Å². The van der Waals surface area contributed by atoms with Crippen molar-refractivity contribution < 1.29 is 5.11 Å². The molecule has 1 rings (SSSR count). The molecule has 0 radical (unpaired) electrons. The summed E-state index contributed by atoms with van der Waals surface area (Å²) in [4.78, 5) is 0. The number of phenols is 1. The lowest BCUT2D eigenvalue weighted by atomic mass is 9.93. The highest BCUT2D eigenvalue weighted by molar-refractivity contribution is 6.31. The molecule has 0 aliphatic carbocycles. The molecule has 1 aromatic carbocycles. The van der Waals surface area contributed by atoms with Crippen LogP contribution in [-0.4, -0.2) is 10.6 Å². The standard InChI is InChI=1S/C13H20ClNO/c1-8(2)10-6-12(16)9(5-11(10)14)7-13(3,4)15/h5-6,8,16H,7,15H2,1-4H3. The Kier molecular flexibility index (Phi) is 3.87. The molecular weight excluding hydrogens is 222 g/mol. The Balaban J connectivity index is 3.11. The van der Waals surface area contributed by atoms with E-state index >= 15 is 0 Å². The van der Waals surface area contributed by atoms with Gasteiger partial charge in [0.05, 0.1) is 0 Å². The molecule has 0 aliphatic rings. The largest absolute Gasteiger partial charge is 0.508 e. The van der Waals surface area contributed by atoms with Crippen molar-refractivity contribution >= 4 is 11.6 Å². The van der Waals surface area contributed by atoms with Crippen molar-refractivity contribution in [1.29, 1.82) is 0 Å². The van der Waals surface area contributed by atoms with Gasteiger partial charge in [-0.25, -0.2) is 0 Å². The van der Waals surface area contributed by atoms with Gasteiger partial charge in [0.25, 0.3) is 0 Å². The maximum atomic E-state index is 9.91. The molecule has 0 saturated heterocycles. The predicted molar refractivity (Wildman–Crippen MR) is 69.2 cm³/mol. The lowest BCUT2D eigenvalue weighted by Gasteiger charge is -2.20. The lowest BCUT2D eigenvalue weighted by molar-refractivity contribution is 0.449. The van der Waals surface area contributed by atoms with E-state index in [1.165, 1.54) is 0 Å². The summed E-state index contributed by atoms with van der Waals surface area (Å²) in [5.41, 5.74) is 7.36. The van der Waals surface area contributed by atoms with Crippen molar-refractivity contribution in [3.05, 3.63) is 28.3 Å². The summed E-state index contributed by atoms with van der Waals surface area (Å²) < 4.78 is 0. The molecule has 0 aliphatic heterocycles. The van der Waals surface area contributed by atoms with E-state index in [9.17, 15) is 5.11 Å². The van der Waals surface area contributed by atoms with Gasteiger partial charge in [0.15, 0.2) is 0 Å². The molecule has 0 amide bonds. The third-order valence-corrected chi connectivity index (χ3v) is 2.79. The average molecular weight is 242 g/mol. The summed E-state index contributed by atoms with van der Waals surface area (Å²) in [5.74, 6) is 0.588. The van der Waals surface area contributed by atoms with Crippen molar-refractivity contribution in [2.75, 3.05) is 0 Å². The molecular formula is C13H20ClNO. The second-order valence-corrected chi connectivity index (χ2v) is 5.73. The Morgan fingerprint density at radius 2 is 1.94 bits per heavy atom. The van der Waals surface area contributed by atoms with E-state index in [1.807, 2.05) is 33.8 Å². The molecule has 0 spiro atoms. The molecule has 16 heavy (non-hydrogen) atoms.